The summed E-state index contributed by atoms with van der Waals surface area (Å²) in [5, 5.41) is 19.5. The van der Waals surface area contributed by atoms with Gasteiger partial charge in [0.2, 0.25) is 0 Å². The highest BCUT2D eigenvalue weighted by atomic mass is 16.5. The van der Waals surface area contributed by atoms with E-state index >= 15 is 0 Å². The fourth-order valence-electron chi connectivity index (χ4n) is 8.12. The Hall–Kier alpha value is -11.7. The minimum atomic E-state index is 0.406. The molecule has 0 aromatic heterocycles. The first-order valence-electron chi connectivity index (χ1n) is 24.7. The van der Waals surface area contributed by atoms with Crippen LogP contribution >= 0.6 is 0 Å². The van der Waals surface area contributed by atoms with Crippen LogP contribution in [0.3, 0.4) is 0 Å². The molecule has 0 spiro atoms. The predicted molar refractivity (Wildman–Crippen MR) is 311 cm³/mol. The molecule has 372 valence electrons. The molecule has 9 rings (SSSR count). The number of anilines is 3. The zero-order valence-corrected chi connectivity index (χ0v) is 43.5. The monoisotopic (exact) mass is 1020 g/mol. The minimum Gasteiger partial charge on any atom is -0.495 e. The summed E-state index contributed by atoms with van der Waals surface area (Å²) in [6.07, 6.45) is 0. The van der Waals surface area contributed by atoms with Crippen LogP contribution in [0.5, 0.6) is 23.0 Å². The first-order chi connectivity index (χ1) is 38.8. The lowest BCUT2D eigenvalue weighted by Crippen LogP contribution is -2.10. The van der Waals surface area contributed by atoms with Gasteiger partial charge in [-0.15, -0.1) is 0 Å². The van der Waals surface area contributed by atoms with Crippen LogP contribution in [0.2, 0.25) is 0 Å². The number of methoxy groups -OCH3 is 4. The largest absolute Gasteiger partial charge is 0.495 e. The molecule has 9 aromatic rings. The van der Waals surface area contributed by atoms with Crippen LogP contribution in [0.15, 0.2) is 200 Å². The van der Waals surface area contributed by atoms with Gasteiger partial charge in [-0.25, -0.2) is 0 Å². The van der Waals surface area contributed by atoms with Gasteiger partial charge in [0, 0.05) is 61.6 Å². The number of benzene rings is 9. The number of ether oxygens (including phenoxy) is 4. The topological polar surface area (TPSA) is 87.7 Å². The molecule has 79 heavy (non-hydrogen) atoms. The molecule has 0 aliphatic heterocycles. The third-order valence-corrected chi connectivity index (χ3v) is 12.2. The van der Waals surface area contributed by atoms with Gasteiger partial charge in [0.15, 0.2) is 0 Å². The fraction of sp³-hybridized carbons (Fsp3) is 0.0556. The number of nitriles is 2. The van der Waals surface area contributed by atoms with E-state index in [0.717, 1.165) is 67.1 Å². The van der Waals surface area contributed by atoms with Gasteiger partial charge in [-0.05, 0) is 164 Å². The highest BCUT2D eigenvalue weighted by Gasteiger charge is 2.13. The molecule has 0 radical (unpaired) electrons. The van der Waals surface area contributed by atoms with Crippen molar-refractivity contribution in [1.29, 1.82) is 10.5 Å². The van der Waals surface area contributed by atoms with E-state index in [2.05, 4.69) is 88.1 Å². The molecule has 7 heteroatoms. The SMILES string of the molecule is COc1ccccc1C#Cc1ccc(C#Cc2ccc(N(c3ccc(C#Cc4ccc(C#Cc5ccccc5C#N)cc4C#N)cc3)c3ccc(C#Cc4ccc(C#Cc5ccccc5OC)cc4OC)cc3)cc2)c(OC)c1. The maximum absolute atomic E-state index is 10.0. The molecule has 9 aromatic carbocycles. The lowest BCUT2D eigenvalue weighted by Gasteiger charge is -2.25. The van der Waals surface area contributed by atoms with Crippen molar-refractivity contribution in [3.05, 3.63) is 278 Å². The van der Waals surface area contributed by atoms with E-state index in [9.17, 15) is 10.5 Å². The maximum atomic E-state index is 10.0. The van der Waals surface area contributed by atoms with E-state index < -0.39 is 0 Å². The molecule has 0 aliphatic rings. The molecule has 0 fully saturated rings. The van der Waals surface area contributed by atoms with Crippen molar-refractivity contribution in [3.63, 3.8) is 0 Å². The van der Waals surface area contributed by atoms with Crippen LogP contribution in [0.25, 0.3) is 0 Å². The van der Waals surface area contributed by atoms with Crippen LogP contribution in [0.1, 0.15) is 77.9 Å². The summed E-state index contributed by atoms with van der Waals surface area (Å²) < 4.78 is 22.4. The van der Waals surface area contributed by atoms with Crippen molar-refractivity contribution < 1.29 is 18.9 Å². The Morgan fingerprint density at radius 1 is 0.253 bits per heavy atom. The molecule has 0 unspecified atom stereocenters. The quantitative estimate of drug-likeness (QED) is 0.147. The average molecular weight is 1020 g/mol. The van der Waals surface area contributed by atoms with Crippen LogP contribution < -0.4 is 23.8 Å². The van der Waals surface area contributed by atoms with Gasteiger partial charge in [0.05, 0.1) is 61.8 Å². The molecular weight excluding hydrogens is 971 g/mol. The second-order valence-electron chi connectivity index (χ2n) is 17.2. The van der Waals surface area contributed by atoms with E-state index in [1.165, 1.54) is 0 Å². The third kappa shape index (κ3) is 13.2. The molecule has 7 nitrogen and oxygen atoms in total. The summed E-state index contributed by atoms with van der Waals surface area (Å²) in [6, 6.07) is 67.7. The Morgan fingerprint density at radius 3 is 0.911 bits per heavy atom. The van der Waals surface area contributed by atoms with Gasteiger partial charge in [0.1, 0.15) is 35.1 Å². The van der Waals surface area contributed by atoms with E-state index in [0.29, 0.717) is 50.8 Å². The summed E-state index contributed by atoms with van der Waals surface area (Å²) in [7, 11) is 6.51. The lowest BCUT2D eigenvalue weighted by molar-refractivity contribution is 0.413. The standard InChI is InChI=1S/C72H45N3O4/c1-76-69-15-9-7-12-60(69)37-22-56-24-39-62(71(48-56)78-3)35-18-53-28-43-67(44-29-53)75(66-41-26-52(27-42-66)17-32-59-34-21-55(47-65(59)51-74)20-33-58-11-5-6-14-64(58)50-73)68-45-30-54(31-46-68)19-36-63-40-25-57(49-72(63)79-4)23-38-61-13-8-10-16-70(61)77-2/h5-16,21,24-31,34,39-49H,1-4H3. The average Bonchev–Trinajstić information content (AvgIpc) is 3.52. The molecule has 0 atom stereocenters. The zero-order chi connectivity index (χ0) is 54.8. The van der Waals surface area contributed by atoms with Gasteiger partial charge in [-0.2, -0.15) is 10.5 Å². The van der Waals surface area contributed by atoms with E-state index in [4.69, 9.17) is 18.9 Å². The van der Waals surface area contributed by atoms with Gasteiger partial charge >= 0.3 is 0 Å². The molecule has 0 amide bonds. The second kappa shape index (κ2) is 25.5. The summed E-state index contributed by atoms with van der Waals surface area (Å²) in [5.41, 5.74) is 12.5. The van der Waals surface area contributed by atoms with Crippen LogP contribution in [-0.2, 0) is 0 Å². The summed E-state index contributed by atoms with van der Waals surface area (Å²) >= 11 is 0. The molecule has 0 saturated carbocycles. The fourth-order valence-corrected chi connectivity index (χ4v) is 8.12. The first kappa shape index (κ1) is 52.2. The molecule has 0 saturated heterocycles. The Labute approximate surface area is 461 Å². The highest BCUT2D eigenvalue weighted by molar-refractivity contribution is 5.78. The van der Waals surface area contributed by atoms with Gasteiger partial charge < -0.3 is 23.8 Å². The molecule has 0 heterocycles. The summed E-state index contributed by atoms with van der Waals surface area (Å²) in [5.74, 6) is 41.2. The number of hydrogen-bond acceptors (Lipinski definition) is 7. The third-order valence-electron chi connectivity index (χ3n) is 12.2. The van der Waals surface area contributed by atoms with Crippen molar-refractivity contribution >= 4 is 17.1 Å². The minimum absolute atomic E-state index is 0.406. The van der Waals surface area contributed by atoms with Crippen molar-refractivity contribution in [2.75, 3.05) is 33.3 Å². The Bertz CT molecular complexity index is 4070. The molecule has 0 bridgehead atoms. The molecule has 0 aliphatic carbocycles. The van der Waals surface area contributed by atoms with Crippen LogP contribution in [-0.4, -0.2) is 28.4 Å². The summed E-state index contributed by atoms with van der Waals surface area (Å²) in [4.78, 5) is 2.15. The van der Waals surface area contributed by atoms with Gasteiger partial charge in [-0.3, -0.25) is 0 Å². The van der Waals surface area contributed by atoms with E-state index in [1.807, 2.05) is 170 Å². The highest BCUT2D eigenvalue weighted by Crippen LogP contribution is 2.35. The Morgan fingerprint density at radius 2 is 0.532 bits per heavy atom. The van der Waals surface area contributed by atoms with Gasteiger partial charge in [0.25, 0.3) is 0 Å². The first-order valence-corrected chi connectivity index (χ1v) is 24.7. The number of nitrogens with zero attached hydrogens (tertiary/aromatic N) is 3. The number of para-hydroxylation sites is 2. The Balaban J connectivity index is 0.982. The number of rotatable bonds is 7. The number of hydrogen-bond donors (Lipinski definition) is 0. The summed E-state index contributed by atoms with van der Waals surface area (Å²) in [6.45, 7) is 0. The van der Waals surface area contributed by atoms with Crippen molar-refractivity contribution in [2.45, 2.75) is 0 Å². The maximum Gasteiger partial charge on any atom is 0.135 e. The zero-order valence-electron chi connectivity index (χ0n) is 43.5. The second-order valence-corrected chi connectivity index (χ2v) is 17.2. The van der Waals surface area contributed by atoms with Crippen LogP contribution in [0, 0.1) is 93.7 Å². The lowest BCUT2D eigenvalue weighted by atomic mass is 10.0. The van der Waals surface area contributed by atoms with Crippen molar-refractivity contribution in [2.24, 2.45) is 0 Å². The van der Waals surface area contributed by atoms with E-state index in [1.54, 1.807) is 58.8 Å². The normalized spacial score (nSPS) is 9.65. The van der Waals surface area contributed by atoms with Gasteiger partial charge in [-0.1, -0.05) is 107 Å². The van der Waals surface area contributed by atoms with Crippen molar-refractivity contribution in [3.8, 4) is 106 Å². The molecule has 0 N–H and O–H groups in total. The van der Waals surface area contributed by atoms with Crippen LogP contribution in [0.4, 0.5) is 17.1 Å². The molecular formula is C72H45N3O4. The van der Waals surface area contributed by atoms with Crippen molar-refractivity contribution in [1.82, 2.24) is 0 Å². The predicted octanol–water partition coefficient (Wildman–Crippen LogP) is 13.3. The van der Waals surface area contributed by atoms with E-state index in [-0.39, 0.29) is 0 Å². The smallest absolute Gasteiger partial charge is 0.135 e. The Kier molecular flexibility index (Phi) is 16.9.